The largest absolute Gasteiger partial charge is 0.509 e. The molecule has 0 aliphatic carbocycles. The van der Waals surface area contributed by atoms with Crippen LogP contribution in [0.5, 0.6) is 11.5 Å². The minimum absolute atomic E-state index is 0. The van der Waals surface area contributed by atoms with E-state index in [4.69, 9.17) is 9.72 Å². The molecule has 73 heavy (non-hydrogen) atoms. The molecule has 0 fully saturated rings. The van der Waals surface area contributed by atoms with Crippen LogP contribution in [0.15, 0.2) is 158 Å². The number of fused-ring (bicyclic) bond motifs is 6. The number of anilines is 4. The van der Waals surface area contributed by atoms with E-state index in [1.54, 1.807) is 0 Å². The second-order valence-electron chi connectivity index (χ2n) is 23.5. The summed E-state index contributed by atoms with van der Waals surface area (Å²) in [7, 11) is 0. The van der Waals surface area contributed by atoms with E-state index in [0.29, 0.717) is 11.5 Å². The number of para-hydroxylation sites is 3. The topological polar surface area (TPSA) is 33.5 Å². The number of hydrogen-bond acceptors (Lipinski definition) is 5. The molecule has 10 aromatic rings. The van der Waals surface area contributed by atoms with Crippen LogP contribution in [0.25, 0.3) is 59.3 Å². The molecule has 1 aliphatic rings. The third-order valence-electron chi connectivity index (χ3n) is 14.1. The van der Waals surface area contributed by atoms with Crippen molar-refractivity contribution in [3.8, 4) is 39.6 Å². The molecule has 0 amide bonds. The fourth-order valence-corrected chi connectivity index (χ4v) is 11.2. The Morgan fingerprint density at radius 3 is 1.78 bits per heavy atom. The van der Waals surface area contributed by atoms with Gasteiger partial charge in [-0.2, -0.15) is 6.07 Å². The molecule has 7 heteroatoms. The van der Waals surface area contributed by atoms with Gasteiger partial charge < -0.3 is 19.1 Å². The summed E-state index contributed by atoms with van der Waals surface area (Å²) in [5, 5.41) is 2.32. The molecule has 11 rings (SSSR count). The standard InChI is InChI=1S/C66H63N4OS.Pt/c1-63(2,3)44-31-32-67-59(38-44)70-57-40-49(29-30-53(57)62-61(70)54-23-16-19-28-58(54)72-62)71-50-37-47(66(10,11)12)36-48(39-50)68-41-69(56-27-18-17-26-55(56)68)60-51(42-21-14-13-15-22-42)24-20-25-52(60)43-33-45(64(4,5)6)35-46(34-43)65(7,8)9;/h13-38,41H,1-12H3;/q-3;. The smallest absolute Gasteiger partial charge is 0.135 e. The van der Waals surface area contributed by atoms with Crippen LogP contribution in [0.2, 0.25) is 0 Å². The molecule has 0 spiro atoms. The van der Waals surface area contributed by atoms with Crippen LogP contribution in [-0.2, 0) is 42.7 Å². The van der Waals surface area contributed by atoms with E-state index in [0.717, 1.165) is 61.7 Å². The maximum atomic E-state index is 6.99. The van der Waals surface area contributed by atoms with Gasteiger partial charge in [-0.05, 0) is 79.8 Å². The van der Waals surface area contributed by atoms with Crippen molar-refractivity contribution in [2.75, 3.05) is 9.80 Å². The van der Waals surface area contributed by atoms with Crippen molar-refractivity contribution in [3.05, 3.63) is 199 Å². The summed E-state index contributed by atoms with van der Waals surface area (Å²) in [6.45, 7) is 29.6. The predicted molar refractivity (Wildman–Crippen MR) is 305 cm³/mol. The van der Waals surface area contributed by atoms with E-state index < -0.39 is 0 Å². The Morgan fingerprint density at radius 1 is 0.507 bits per heavy atom. The molecule has 0 saturated heterocycles. The Balaban J connectivity index is 0.00000611. The molecule has 0 N–H and O–H groups in total. The maximum Gasteiger partial charge on any atom is 0.135 e. The van der Waals surface area contributed by atoms with E-state index in [1.165, 1.54) is 42.6 Å². The molecule has 0 bridgehead atoms. The molecule has 0 radical (unpaired) electrons. The van der Waals surface area contributed by atoms with Gasteiger partial charge in [-0.1, -0.05) is 191 Å². The minimum atomic E-state index is -0.200. The Bertz CT molecular complexity index is 3670. The van der Waals surface area contributed by atoms with Crippen molar-refractivity contribution < 1.29 is 25.8 Å². The Hall–Kier alpha value is -6.46. The first-order chi connectivity index (χ1) is 34.2. The molecule has 0 unspecified atom stereocenters. The van der Waals surface area contributed by atoms with Crippen molar-refractivity contribution >= 4 is 65.3 Å². The molecule has 1 aliphatic heterocycles. The first kappa shape index (κ1) is 50.1. The molecule has 3 aromatic heterocycles. The summed E-state index contributed by atoms with van der Waals surface area (Å²) in [5.74, 6) is 2.10. The minimum Gasteiger partial charge on any atom is -0.509 e. The van der Waals surface area contributed by atoms with Gasteiger partial charge >= 0.3 is 0 Å². The fraction of sp³-hybridized carbons (Fsp3) is 0.242. The predicted octanol–water partition coefficient (Wildman–Crippen LogP) is 18.7. The maximum absolute atomic E-state index is 6.99. The van der Waals surface area contributed by atoms with Crippen molar-refractivity contribution in [1.82, 2.24) is 9.55 Å². The van der Waals surface area contributed by atoms with E-state index in [-0.39, 0.29) is 42.7 Å². The van der Waals surface area contributed by atoms with E-state index >= 15 is 0 Å². The van der Waals surface area contributed by atoms with Gasteiger partial charge in [0.15, 0.2) is 0 Å². The van der Waals surface area contributed by atoms with Crippen molar-refractivity contribution in [1.29, 1.82) is 0 Å². The molecule has 0 saturated carbocycles. The number of ether oxygens (including phenoxy) is 1. The van der Waals surface area contributed by atoms with Gasteiger partial charge in [-0.25, -0.2) is 4.98 Å². The van der Waals surface area contributed by atoms with Gasteiger partial charge in [0.1, 0.15) is 5.82 Å². The van der Waals surface area contributed by atoms with Gasteiger partial charge in [0.2, 0.25) is 0 Å². The first-order valence-corrected chi connectivity index (χ1v) is 26.0. The SMILES string of the molecule is CC(C)(C)c1cc(Oc2[c-]c3c(cc2)c2sc4ccccc4c2n3-c2cc(C(C)(C)C)ccn2)[c-]c(N2[CH-]N(c3c(-c4ccccc4)cccc3-c3cc(C(C)(C)C)cc(C(C)(C)C)c3)c3ccccc32)c1.[Pt]. The molecule has 5 nitrogen and oxygen atoms in total. The summed E-state index contributed by atoms with van der Waals surface area (Å²) in [6, 6.07) is 62.6. The number of rotatable bonds is 7. The van der Waals surface area contributed by atoms with E-state index in [2.05, 4.69) is 262 Å². The molecule has 372 valence electrons. The fourth-order valence-electron chi connectivity index (χ4n) is 9.95. The first-order valence-electron chi connectivity index (χ1n) is 25.2. The zero-order chi connectivity index (χ0) is 50.5. The summed E-state index contributed by atoms with van der Waals surface area (Å²) >= 11 is 1.81. The van der Waals surface area contributed by atoms with Gasteiger partial charge in [-0.3, -0.25) is 0 Å². The molecule has 7 aromatic carbocycles. The number of thiophene rings is 1. The van der Waals surface area contributed by atoms with Crippen LogP contribution >= 0.6 is 11.3 Å². The normalized spacial score (nSPS) is 13.3. The third kappa shape index (κ3) is 9.31. The van der Waals surface area contributed by atoms with Crippen molar-refractivity contribution in [2.24, 2.45) is 0 Å². The van der Waals surface area contributed by atoms with Gasteiger partial charge in [0.05, 0.1) is 5.52 Å². The summed E-state index contributed by atoms with van der Waals surface area (Å²) in [5.41, 5.74) is 15.5. The summed E-state index contributed by atoms with van der Waals surface area (Å²) in [6.07, 6.45) is 1.93. The van der Waals surface area contributed by atoms with Crippen LogP contribution in [0.3, 0.4) is 0 Å². The second kappa shape index (κ2) is 18.5. The van der Waals surface area contributed by atoms with Crippen LogP contribution in [-0.4, -0.2) is 9.55 Å². The molecule has 0 atom stereocenters. The number of aromatic nitrogens is 2. The van der Waals surface area contributed by atoms with E-state index in [1.807, 2.05) is 23.6 Å². The van der Waals surface area contributed by atoms with Gasteiger partial charge in [0.25, 0.3) is 0 Å². The molecule has 4 heterocycles. The zero-order valence-electron chi connectivity index (χ0n) is 44.0. The quantitative estimate of drug-likeness (QED) is 0.149. The van der Waals surface area contributed by atoms with Crippen LogP contribution < -0.4 is 14.5 Å². The number of nitrogens with zero attached hydrogens (tertiary/aromatic N) is 4. The molecular formula is C66H63N4OPtS-3. The second-order valence-corrected chi connectivity index (χ2v) is 24.6. The third-order valence-corrected chi connectivity index (χ3v) is 15.3. The number of benzene rings is 7. The van der Waals surface area contributed by atoms with Crippen LogP contribution in [0.4, 0.5) is 22.7 Å². The summed E-state index contributed by atoms with van der Waals surface area (Å²) < 4.78 is 11.7. The number of pyridine rings is 1. The monoisotopic (exact) mass is 1150 g/mol. The average molecular weight is 1160 g/mol. The van der Waals surface area contributed by atoms with Gasteiger partial charge in [-0.15, -0.1) is 59.6 Å². The van der Waals surface area contributed by atoms with Gasteiger partial charge in [0, 0.05) is 81.7 Å². The Labute approximate surface area is 450 Å². The number of hydrogen-bond donors (Lipinski definition) is 0. The zero-order valence-corrected chi connectivity index (χ0v) is 47.1. The van der Waals surface area contributed by atoms with Crippen molar-refractivity contribution in [3.63, 3.8) is 0 Å². The van der Waals surface area contributed by atoms with Crippen molar-refractivity contribution in [2.45, 2.75) is 105 Å². The summed E-state index contributed by atoms with van der Waals surface area (Å²) in [4.78, 5) is 9.66. The molecular weight excluding hydrogens is 1090 g/mol. The Kier molecular flexibility index (Phi) is 12.7. The van der Waals surface area contributed by atoms with E-state index in [9.17, 15) is 0 Å². The van der Waals surface area contributed by atoms with Crippen LogP contribution in [0, 0.1) is 18.8 Å². The Morgan fingerprint density at radius 2 is 1.11 bits per heavy atom. The van der Waals surface area contributed by atoms with Crippen LogP contribution in [0.1, 0.15) is 105 Å². The average Bonchev–Trinajstić information content (AvgIpc) is 4.02.